The second kappa shape index (κ2) is 12.4. The number of rotatable bonds is 7. The minimum atomic E-state index is -1.37. The number of esters is 4. The molecule has 0 bridgehead atoms. The fraction of sp³-hybridized carbons (Fsp3) is 0.762. The molecule has 2 fully saturated rings. The number of amides is 1. The Morgan fingerprint density at radius 1 is 0.727 bits per heavy atom. The molecule has 1 saturated heterocycles. The second-order valence-electron chi connectivity index (χ2n) is 7.93. The van der Waals surface area contributed by atoms with Crippen LogP contribution in [0.5, 0.6) is 0 Å². The van der Waals surface area contributed by atoms with E-state index >= 15 is 0 Å². The van der Waals surface area contributed by atoms with E-state index in [0.717, 1.165) is 52.9 Å². The molecule has 0 aromatic carbocycles. The molecular weight excluding hydrogens is 442 g/mol. The first-order valence-electron chi connectivity index (χ1n) is 10.8. The first-order valence-corrected chi connectivity index (χ1v) is 10.8. The molecule has 2 aliphatic rings. The SMILES string of the molecule is CC(=O)OC[C@@H]1O[C@H](NC(=O)OC2CCCCC2)[C@H](OC(C)=O)[C@@H](OC(C)=O)[C@@H]1OC(C)=O. The van der Waals surface area contributed by atoms with Crippen molar-refractivity contribution in [2.75, 3.05) is 6.61 Å². The minimum Gasteiger partial charge on any atom is -0.463 e. The number of carbonyl (C=O) groups is 5. The first-order chi connectivity index (χ1) is 15.6. The van der Waals surface area contributed by atoms with Gasteiger partial charge in [-0.1, -0.05) is 6.42 Å². The Labute approximate surface area is 191 Å². The van der Waals surface area contributed by atoms with Gasteiger partial charge in [0.15, 0.2) is 24.5 Å². The van der Waals surface area contributed by atoms with Gasteiger partial charge in [-0.2, -0.15) is 0 Å². The topological polar surface area (TPSA) is 153 Å². The Hall–Kier alpha value is -2.89. The van der Waals surface area contributed by atoms with Crippen molar-refractivity contribution >= 4 is 30.0 Å². The van der Waals surface area contributed by atoms with Crippen molar-refractivity contribution in [3.05, 3.63) is 0 Å². The Morgan fingerprint density at radius 3 is 1.82 bits per heavy atom. The zero-order valence-corrected chi connectivity index (χ0v) is 19.2. The van der Waals surface area contributed by atoms with E-state index in [1.165, 1.54) is 6.92 Å². The van der Waals surface area contributed by atoms with Gasteiger partial charge in [0.1, 0.15) is 18.8 Å². The Morgan fingerprint density at radius 2 is 1.27 bits per heavy atom. The summed E-state index contributed by atoms with van der Waals surface area (Å²) in [5.74, 6) is -2.88. The molecule has 12 nitrogen and oxygen atoms in total. The van der Waals surface area contributed by atoms with Crippen molar-refractivity contribution in [1.29, 1.82) is 0 Å². The molecule has 0 aromatic heterocycles. The standard InChI is InChI=1S/C21H31NO11/c1-11(23)28-10-16-17(29-12(2)24)18(30-13(3)25)19(31-14(4)26)20(33-16)22-21(27)32-15-8-6-5-7-9-15/h15-20H,5-10H2,1-4H3,(H,22,27)/t16-,17+,18-,19+,20-/m0/s1. The molecule has 0 spiro atoms. The van der Waals surface area contributed by atoms with E-state index < -0.39 is 60.6 Å². The third-order valence-electron chi connectivity index (χ3n) is 5.08. The summed E-state index contributed by atoms with van der Waals surface area (Å²) in [6, 6.07) is 0. The summed E-state index contributed by atoms with van der Waals surface area (Å²) in [7, 11) is 0. The predicted molar refractivity (Wildman–Crippen MR) is 108 cm³/mol. The maximum Gasteiger partial charge on any atom is 0.409 e. The third-order valence-corrected chi connectivity index (χ3v) is 5.08. The largest absolute Gasteiger partial charge is 0.463 e. The number of carbonyl (C=O) groups excluding carboxylic acids is 5. The Balaban J connectivity index is 2.29. The van der Waals surface area contributed by atoms with E-state index in [1.807, 2.05) is 0 Å². The van der Waals surface area contributed by atoms with Crippen LogP contribution in [-0.2, 0) is 47.6 Å². The summed E-state index contributed by atoms with van der Waals surface area (Å²) >= 11 is 0. The minimum absolute atomic E-state index is 0.260. The summed E-state index contributed by atoms with van der Waals surface area (Å²) in [6.45, 7) is 4.15. The number of ether oxygens (including phenoxy) is 6. The van der Waals surface area contributed by atoms with Gasteiger partial charge in [0.25, 0.3) is 0 Å². The van der Waals surface area contributed by atoms with Gasteiger partial charge in [0.05, 0.1) is 0 Å². The highest BCUT2D eigenvalue weighted by molar-refractivity contribution is 5.70. The molecule has 0 unspecified atom stereocenters. The lowest BCUT2D eigenvalue weighted by atomic mass is 9.97. The number of hydrogen-bond donors (Lipinski definition) is 1. The molecule has 1 heterocycles. The molecule has 33 heavy (non-hydrogen) atoms. The van der Waals surface area contributed by atoms with Crippen molar-refractivity contribution in [3.63, 3.8) is 0 Å². The van der Waals surface area contributed by atoms with E-state index in [4.69, 9.17) is 28.4 Å². The number of alkyl carbamates (subject to hydrolysis) is 1. The van der Waals surface area contributed by atoms with Crippen LogP contribution in [0.4, 0.5) is 4.79 Å². The van der Waals surface area contributed by atoms with Crippen molar-refractivity contribution < 1.29 is 52.4 Å². The molecule has 1 N–H and O–H groups in total. The Bertz CT molecular complexity index is 734. The van der Waals surface area contributed by atoms with Crippen LogP contribution in [0.25, 0.3) is 0 Å². The van der Waals surface area contributed by atoms with E-state index in [9.17, 15) is 24.0 Å². The van der Waals surface area contributed by atoms with E-state index in [1.54, 1.807) is 0 Å². The van der Waals surface area contributed by atoms with Crippen LogP contribution in [-0.4, -0.2) is 73.3 Å². The van der Waals surface area contributed by atoms with Crippen molar-refractivity contribution in [3.8, 4) is 0 Å². The normalized spacial score (nSPS) is 27.6. The lowest BCUT2D eigenvalue weighted by Gasteiger charge is -2.44. The number of nitrogens with one attached hydrogen (secondary N) is 1. The molecule has 1 saturated carbocycles. The summed E-state index contributed by atoms with van der Waals surface area (Å²) in [4.78, 5) is 59.2. The Kier molecular flexibility index (Phi) is 9.89. The molecule has 1 aliphatic heterocycles. The fourth-order valence-electron chi connectivity index (χ4n) is 3.83. The maximum absolute atomic E-state index is 12.5. The predicted octanol–water partition coefficient (Wildman–Crippen LogP) is 1.13. The van der Waals surface area contributed by atoms with Crippen molar-refractivity contribution in [2.45, 2.75) is 96.5 Å². The van der Waals surface area contributed by atoms with Gasteiger partial charge >= 0.3 is 30.0 Å². The van der Waals surface area contributed by atoms with Crippen LogP contribution in [0.3, 0.4) is 0 Å². The van der Waals surface area contributed by atoms with Crippen LogP contribution in [0, 0.1) is 0 Å². The van der Waals surface area contributed by atoms with Crippen LogP contribution >= 0.6 is 0 Å². The van der Waals surface area contributed by atoms with E-state index in [-0.39, 0.29) is 12.7 Å². The monoisotopic (exact) mass is 473 g/mol. The maximum atomic E-state index is 12.5. The van der Waals surface area contributed by atoms with E-state index in [0.29, 0.717) is 0 Å². The quantitative estimate of drug-likeness (QED) is 0.418. The van der Waals surface area contributed by atoms with Crippen LogP contribution < -0.4 is 5.32 Å². The van der Waals surface area contributed by atoms with Gasteiger partial charge in [-0.15, -0.1) is 0 Å². The summed E-state index contributed by atoms with van der Waals surface area (Å²) in [6.07, 6.45) is -3.18. The molecular formula is C21H31NO11. The summed E-state index contributed by atoms with van der Waals surface area (Å²) in [5.41, 5.74) is 0. The average molecular weight is 473 g/mol. The molecule has 1 amide bonds. The van der Waals surface area contributed by atoms with Crippen LogP contribution in [0.2, 0.25) is 0 Å². The highest BCUT2D eigenvalue weighted by Gasteiger charge is 2.52. The third kappa shape index (κ3) is 8.52. The molecule has 5 atom stereocenters. The van der Waals surface area contributed by atoms with Gasteiger partial charge in [-0.3, -0.25) is 24.5 Å². The highest BCUT2D eigenvalue weighted by atomic mass is 16.7. The van der Waals surface area contributed by atoms with Crippen LogP contribution in [0.15, 0.2) is 0 Å². The fourth-order valence-corrected chi connectivity index (χ4v) is 3.83. The zero-order valence-electron chi connectivity index (χ0n) is 19.2. The number of hydrogen-bond acceptors (Lipinski definition) is 11. The summed E-state index contributed by atoms with van der Waals surface area (Å²) in [5, 5.41) is 2.48. The molecule has 186 valence electrons. The van der Waals surface area contributed by atoms with Gasteiger partial charge in [0.2, 0.25) is 0 Å². The van der Waals surface area contributed by atoms with Gasteiger partial charge < -0.3 is 28.4 Å². The van der Waals surface area contributed by atoms with Gasteiger partial charge in [0, 0.05) is 27.7 Å². The lowest BCUT2D eigenvalue weighted by Crippen LogP contribution is -2.66. The molecule has 0 aromatic rings. The molecule has 2 rings (SSSR count). The summed E-state index contributed by atoms with van der Waals surface area (Å²) < 4.78 is 32.1. The van der Waals surface area contributed by atoms with Crippen LogP contribution in [0.1, 0.15) is 59.8 Å². The van der Waals surface area contributed by atoms with Crippen molar-refractivity contribution in [1.82, 2.24) is 5.32 Å². The second-order valence-corrected chi connectivity index (χ2v) is 7.93. The van der Waals surface area contributed by atoms with Gasteiger partial charge in [-0.25, -0.2) is 4.79 Å². The lowest BCUT2D eigenvalue weighted by molar-refractivity contribution is -0.256. The zero-order chi connectivity index (χ0) is 24.5. The highest BCUT2D eigenvalue weighted by Crippen LogP contribution is 2.29. The molecule has 0 radical (unpaired) electrons. The molecule has 1 aliphatic carbocycles. The van der Waals surface area contributed by atoms with Crippen molar-refractivity contribution in [2.24, 2.45) is 0 Å². The molecule has 12 heteroatoms. The smallest absolute Gasteiger partial charge is 0.409 e. The average Bonchev–Trinajstić information content (AvgIpc) is 2.70. The van der Waals surface area contributed by atoms with E-state index in [2.05, 4.69) is 5.32 Å². The van der Waals surface area contributed by atoms with Gasteiger partial charge in [-0.05, 0) is 25.7 Å². The first kappa shape index (κ1) is 26.4.